The van der Waals surface area contributed by atoms with Crippen LogP contribution in [0.4, 0.5) is 5.82 Å². The molecule has 17 heavy (non-hydrogen) atoms. The molecule has 1 rings (SSSR count). The molecule has 0 unspecified atom stereocenters. The van der Waals surface area contributed by atoms with Crippen molar-refractivity contribution in [2.45, 2.75) is 45.4 Å². The number of hydrogen-bond acceptors (Lipinski definition) is 3. The van der Waals surface area contributed by atoms with E-state index in [0.29, 0.717) is 5.82 Å². The summed E-state index contributed by atoms with van der Waals surface area (Å²) in [6, 6.07) is 1.36. The van der Waals surface area contributed by atoms with Gasteiger partial charge in [-0.15, -0.1) is 0 Å². The smallest absolute Gasteiger partial charge is 0.327 e. The molecule has 3 N–H and O–H groups in total. The van der Waals surface area contributed by atoms with Crippen molar-refractivity contribution in [2.24, 2.45) is 0 Å². The normalized spacial score (nSPS) is 10.4. The lowest BCUT2D eigenvalue weighted by Gasteiger charge is -2.05. The van der Waals surface area contributed by atoms with Gasteiger partial charge in [-0.05, 0) is 6.42 Å². The molecule has 0 saturated heterocycles. The molecular weight excluding hydrogens is 218 g/mol. The molecular formula is C12H21N3O2. The lowest BCUT2D eigenvalue weighted by molar-refractivity contribution is 0.616. The topological polar surface area (TPSA) is 77.8 Å². The third kappa shape index (κ3) is 5.94. The lowest BCUT2D eigenvalue weighted by Crippen LogP contribution is -2.23. The molecule has 0 bridgehead atoms. The minimum Gasteiger partial charge on any atom is -0.371 e. The number of hydrogen-bond donors (Lipinski definition) is 3. The molecule has 0 aliphatic heterocycles. The van der Waals surface area contributed by atoms with Crippen molar-refractivity contribution in [1.82, 2.24) is 9.97 Å². The fraction of sp³-hybridized carbons (Fsp3) is 0.667. The second-order valence-electron chi connectivity index (χ2n) is 4.20. The summed E-state index contributed by atoms with van der Waals surface area (Å²) in [6.45, 7) is 2.98. The van der Waals surface area contributed by atoms with E-state index < -0.39 is 5.69 Å². The summed E-state index contributed by atoms with van der Waals surface area (Å²) >= 11 is 0. The van der Waals surface area contributed by atoms with Crippen molar-refractivity contribution in [3.05, 3.63) is 26.9 Å². The molecule has 0 fully saturated rings. The molecule has 0 aliphatic carbocycles. The van der Waals surface area contributed by atoms with E-state index in [1.807, 2.05) is 0 Å². The molecule has 0 amide bonds. The Kier molecular flexibility index (Phi) is 6.14. The molecule has 1 aromatic rings. The first kappa shape index (κ1) is 13.5. The van der Waals surface area contributed by atoms with Crippen LogP contribution in [0, 0.1) is 0 Å². The molecule has 0 aromatic carbocycles. The molecule has 0 atom stereocenters. The van der Waals surface area contributed by atoms with Crippen LogP contribution in [0.25, 0.3) is 0 Å². The number of aromatic amines is 2. The fourth-order valence-electron chi connectivity index (χ4n) is 1.69. The highest BCUT2D eigenvalue weighted by Crippen LogP contribution is 2.05. The van der Waals surface area contributed by atoms with E-state index in [1.165, 1.54) is 38.2 Å². The first-order chi connectivity index (χ1) is 8.22. The maximum Gasteiger partial charge on any atom is 0.327 e. The molecule has 0 radical (unpaired) electrons. The Balaban J connectivity index is 2.18. The van der Waals surface area contributed by atoms with Crippen LogP contribution in [0.2, 0.25) is 0 Å². The molecule has 1 heterocycles. The Hall–Kier alpha value is -1.52. The molecule has 1 aromatic heterocycles. The SMILES string of the molecule is CCCCCCCCNc1cc(=O)[nH]c(=O)[nH]1. The van der Waals surface area contributed by atoms with E-state index in [9.17, 15) is 9.59 Å². The summed E-state index contributed by atoms with van der Waals surface area (Å²) in [7, 11) is 0. The van der Waals surface area contributed by atoms with Gasteiger partial charge >= 0.3 is 5.69 Å². The summed E-state index contributed by atoms with van der Waals surface area (Å²) < 4.78 is 0. The van der Waals surface area contributed by atoms with Crippen LogP contribution >= 0.6 is 0 Å². The third-order valence-corrected chi connectivity index (χ3v) is 2.61. The monoisotopic (exact) mass is 239 g/mol. The van der Waals surface area contributed by atoms with Crippen molar-refractivity contribution in [3.8, 4) is 0 Å². The van der Waals surface area contributed by atoms with Crippen molar-refractivity contribution < 1.29 is 0 Å². The molecule has 5 nitrogen and oxygen atoms in total. The standard InChI is InChI=1S/C12H21N3O2/c1-2-3-4-5-6-7-8-13-10-9-11(16)15-12(17)14-10/h9H,2-8H2,1H3,(H3,13,14,15,16,17). The molecule has 96 valence electrons. The van der Waals surface area contributed by atoms with E-state index >= 15 is 0 Å². The fourth-order valence-corrected chi connectivity index (χ4v) is 1.69. The van der Waals surface area contributed by atoms with Gasteiger partial charge in [0.15, 0.2) is 0 Å². The maximum absolute atomic E-state index is 11.0. The highest BCUT2D eigenvalue weighted by atomic mass is 16.2. The van der Waals surface area contributed by atoms with Gasteiger partial charge in [0.2, 0.25) is 0 Å². The van der Waals surface area contributed by atoms with Crippen molar-refractivity contribution in [1.29, 1.82) is 0 Å². The maximum atomic E-state index is 11.0. The number of anilines is 1. The summed E-state index contributed by atoms with van der Waals surface area (Å²) in [5.41, 5.74) is -0.845. The Bertz CT molecular complexity index is 394. The van der Waals surface area contributed by atoms with Crippen LogP contribution in [0.3, 0.4) is 0 Å². The van der Waals surface area contributed by atoms with Crippen molar-refractivity contribution in [3.63, 3.8) is 0 Å². The Morgan fingerprint density at radius 2 is 1.76 bits per heavy atom. The number of nitrogens with one attached hydrogen (secondary N) is 3. The van der Waals surface area contributed by atoms with Crippen LogP contribution in [0.15, 0.2) is 15.7 Å². The zero-order valence-electron chi connectivity index (χ0n) is 10.3. The third-order valence-electron chi connectivity index (χ3n) is 2.61. The van der Waals surface area contributed by atoms with Gasteiger partial charge in [-0.3, -0.25) is 14.8 Å². The first-order valence-corrected chi connectivity index (χ1v) is 6.30. The van der Waals surface area contributed by atoms with Crippen molar-refractivity contribution in [2.75, 3.05) is 11.9 Å². The summed E-state index contributed by atoms with van der Waals surface area (Å²) in [5.74, 6) is 0.493. The largest absolute Gasteiger partial charge is 0.371 e. The Morgan fingerprint density at radius 3 is 2.47 bits per heavy atom. The minimum absolute atomic E-state index is 0.376. The highest BCUT2D eigenvalue weighted by molar-refractivity contribution is 5.31. The number of aromatic nitrogens is 2. The van der Waals surface area contributed by atoms with Gasteiger partial charge in [-0.25, -0.2) is 4.79 Å². The minimum atomic E-state index is -0.469. The first-order valence-electron chi connectivity index (χ1n) is 6.30. The van der Waals surface area contributed by atoms with Gasteiger partial charge in [-0.1, -0.05) is 39.0 Å². The second kappa shape index (κ2) is 7.70. The second-order valence-corrected chi connectivity index (χ2v) is 4.20. The summed E-state index contributed by atoms with van der Waals surface area (Å²) in [4.78, 5) is 26.6. The van der Waals surface area contributed by atoms with Gasteiger partial charge in [0.25, 0.3) is 5.56 Å². The van der Waals surface area contributed by atoms with Crippen LogP contribution in [0.5, 0.6) is 0 Å². The van der Waals surface area contributed by atoms with Gasteiger partial charge in [0.1, 0.15) is 5.82 Å². The number of H-pyrrole nitrogens is 2. The molecule has 5 heteroatoms. The van der Waals surface area contributed by atoms with E-state index in [1.54, 1.807) is 0 Å². The van der Waals surface area contributed by atoms with Gasteiger partial charge < -0.3 is 5.32 Å². The average molecular weight is 239 g/mol. The summed E-state index contributed by atoms with van der Waals surface area (Å²) in [5, 5.41) is 3.04. The molecule has 0 spiro atoms. The molecule has 0 aliphatic rings. The van der Waals surface area contributed by atoms with E-state index in [2.05, 4.69) is 22.2 Å². The van der Waals surface area contributed by atoms with Gasteiger partial charge in [0.05, 0.1) is 0 Å². The quantitative estimate of drug-likeness (QED) is 0.606. The predicted octanol–water partition coefficient (Wildman–Crippen LogP) is 1.84. The Labute approximate surface area is 101 Å². The zero-order valence-corrected chi connectivity index (χ0v) is 10.3. The zero-order chi connectivity index (χ0) is 12.5. The predicted molar refractivity (Wildman–Crippen MR) is 69.5 cm³/mol. The van der Waals surface area contributed by atoms with Crippen LogP contribution in [-0.4, -0.2) is 16.5 Å². The highest BCUT2D eigenvalue weighted by Gasteiger charge is 1.95. The van der Waals surface area contributed by atoms with Crippen LogP contribution < -0.4 is 16.6 Å². The molecule has 0 saturated carbocycles. The van der Waals surface area contributed by atoms with Crippen LogP contribution in [0.1, 0.15) is 45.4 Å². The number of rotatable bonds is 8. The van der Waals surface area contributed by atoms with E-state index in [-0.39, 0.29) is 5.56 Å². The van der Waals surface area contributed by atoms with Crippen LogP contribution in [-0.2, 0) is 0 Å². The van der Waals surface area contributed by atoms with E-state index in [0.717, 1.165) is 13.0 Å². The van der Waals surface area contributed by atoms with Crippen molar-refractivity contribution >= 4 is 5.82 Å². The summed E-state index contributed by atoms with van der Waals surface area (Å²) in [6.07, 6.45) is 7.33. The number of unbranched alkanes of at least 4 members (excludes halogenated alkanes) is 5. The average Bonchev–Trinajstić information content (AvgIpc) is 2.26. The lowest BCUT2D eigenvalue weighted by atomic mass is 10.1. The van der Waals surface area contributed by atoms with Gasteiger partial charge in [-0.2, -0.15) is 0 Å². The van der Waals surface area contributed by atoms with E-state index in [4.69, 9.17) is 0 Å². The Morgan fingerprint density at radius 1 is 1.06 bits per heavy atom. The van der Waals surface area contributed by atoms with Gasteiger partial charge in [0, 0.05) is 12.6 Å².